The van der Waals surface area contributed by atoms with Gasteiger partial charge in [0.2, 0.25) is 0 Å². The molecule has 2 aromatic carbocycles. The summed E-state index contributed by atoms with van der Waals surface area (Å²) >= 11 is 0.903. The van der Waals surface area contributed by atoms with E-state index in [2.05, 4.69) is 8.75 Å². The molecule has 0 aliphatic heterocycles. The summed E-state index contributed by atoms with van der Waals surface area (Å²) in [6.45, 7) is 0. The number of nitrogens with two attached hydrogens (primary N) is 1. The maximum absolute atomic E-state index is 12.5. The molecule has 0 unspecified atom stereocenters. The molecule has 0 bridgehead atoms. The van der Waals surface area contributed by atoms with Gasteiger partial charge in [0.25, 0.3) is 5.91 Å². The van der Waals surface area contributed by atoms with Crippen molar-refractivity contribution in [2.75, 3.05) is 0 Å². The Morgan fingerprint density at radius 1 is 1.09 bits per heavy atom. The van der Waals surface area contributed by atoms with Gasteiger partial charge in [-0.25, -0.2) is 0 Å². The van der Waals surface area contributed by atoms with Crippen LogP contribution in [-0.4, -0.2) is 23.1 Å². The molecule has 0 radical (unpaired) electrons. The minimum absolute atomic E-state index is 0.0188. The number of aromatic nitrogens is 2. The summed E-state index contributed by atoms with van der Waals surface area (Å²) in [5, 5.41) is 0. The van der Waals surface area contributed by atoms with Gasteiger partial charge in [-0.2, -0.15) is 17.2 Å². The van der Waals surface area contributed by atoms with E-state index in [-0.39, 0.29) is 21.7 Å². The SMILES string of the molecule is NC(=O)c1ccccc1OS(=O)(=O)c1cccc2nsnc12. The van der Waals surface area contributed by atoms with Gasteiger partial charge < -0.3 is 9.92 Å². The summed E-state index contributed by atoms with van der Waals surface area (Å²) in [6, 6.07) is 10.4. The first-order valence-corrected chi connectivity index (χ1v) is 8.17. The molecule has 0 spiro atoms. The summed E-state index contributed by atoms with van der Waals surface area (Å²) in [5.74, 6) is -0.908. The van der Waals surface area contributed by atoms with Crippen LogP contribution in [0, 0.1) is 0 Å². The van der Waals surface area contributed by atoms with Gasteiger partial charge in [-0.05, 0) is 24.3 Å². The van der Waals surface area contributed by atoms with Gasteiger partial charge >= 0.3 is 10.1 Å². The molecule has 1 heterocycles. The van der Waals surface area contributed by atoms with E-state index < -0.39 is 16.0 Å². The third kappa shape index (κ3) is 2.51. The van der Waals surface area contributed by atoms with Crippen LogP contribution in [0.1, 0.15) is 10.4 Å². The van der Waals surface area contributed by atoms with Crippen molar-refractivity contribution in [3.8, 4) is 5.75 Å². The van der Waals surface area contributed by atoms with Crippen LogP contribution in [0.15, 0.2) is 47.4 Å². The lowest BCUT2D eigenvalue weighted by molar-refractivity contribution is 0.0999. The molecule has 0 aliphatic rings. The van der Waals surface area contributed by atoms with Crippen LogP contribution in [0.3, 0.4) is 0 Å². The summed E-state index contributed by atoms with van der Waals surface area (Å²) in [7, 11) is -4.17. The molecule has 1 aromatic heterocycles. The van der Waals surface area contributed by atoms with Gasteiger partial charge in [-0.1, -0.05) is 18.2 Å². The van der Waals surface area contributed by atoms with E-state index in [0.717, 1.165) is 11.7 Å². The lowest BCUT2D eigenvalue weighted by Crippen LogP contribution is -2.16. The number of para-hydroxylation sites is 1. The molecule has 9 heteroatoms. The number of hydrogen-bond acceptors (Lipinski definition) is 7. The van der Waals surface area contributed by atoms with Crippen LogP contribution in [-0.2, 0) is 10.1 Å². The maximum Gasteiger partial charge on any atom is 0.341 e. The van der Waals surface area contributed by atoms with Crippen molar-refractivity contribution in [1.29, 1.82) is 0 Å². The number of rotatable bonds is 4. The highest BCUT2D eigenvalue weighted by molar-refractivity contribution is 7.87. The number of amides is 1. The molecule has 0 aliphatic carbocycles. The topological polar surface area (TPSA) is 112 Å². The van der Waals surface area contributed by atoms with E-state index in [4.69, 9.17) is 9.92 Å². The Morgan fingerprint density at radius 3 is 2.64 bits per heavy atom. The number of nitrogens with zero attached hydrogens (tertiary/aromatic N) is 2. The first kappa shape index (κ1) is 14.4. The Balaban J connectivity index is 2.09. The van der Waals surface area contributed by atoms with Gasteiger partial charge in [-0.15, -0.1) is 0 Å². The molecule has 1 amide bonds. The first-order valence-electron chi connectivity index (χ1n) is 6.03. The van der Waals surface area contributed by atoms with Crippen molar-refractivity contribution in [2.45, 2.75) is 4.90 Å². The van der Waals surface area contributed by atoms with Crippen LogP contribution >= 0.6 is 11.7 Å². The minimum Gasteiger partial charge on any atom is -0.378 e. The third-order valence-corrected chi connectivity index (χ3v) is 4.68. The average Bonchev–Trinajstić information content (AvgIpc) is 2.95. The zero-order valence-electron chi connectivity index (χ0n) is 11.0. The van der Waals surface area contributed by atoms with E-state index in [1.807, 2.05) is 0 Å². The molecular formula is C13H9N3O4S2. The van der Waals surface area contributed by atoms with Gasteiger partial charge in [0, 0.05) is 0 Å². The Morgan fingerprint density at radius 2 is 1.86 bits per heavy atom. The quantitative estimate of drug-likeness (QED) is 0.724. The highest BCUT2D eigenvalue weighted by atomic mass is 32.2. The van der Waals surface area contributed by atoms with E-state index in [0.29, 0.717) is 5.52 Å². The van der Waals surface area contributed by atoms with E-state index in [9.17, 15) is 13.2 Å². The zero-order chi connectivity index (χ0) is 15.7. The summed E-state index contributed by atoms with van der Waals surface area (Å²) in [6.07, 6.45) is 0. The molecular weight excluding hydrogens is 326 g/mol. The van der Waals surface area contributed by atoms with Gasteiger partial charge in [-0.3, -0.25) is 4.79 Å². The lowest BCUT2D eigenvalue weighted by atomic mass is 10.2. The highest BCUT2D eigenvalue weighted by Crippen LogP contribution is 2.26. The summed E-state index contributed by atoms with van der Waals surface area (Å²) < 4.78 is 37.9. The van der Waals surface area contributed by atoms with Crippen LogP contribution < -0.4 is 9.92 Å². The number of hydrogen-bond donors (Lipinski definition) is 1. The molecule has 2 N–H and O–H groups in total. The number of carbonyl (C=O) groups is 1. The second-order valence-corrected chi connectivity index (χ2v) is 6.33. The fourth-order valence-corrected chi connectivity index (χ4v) is 3.60. The first-order chi connectivity index (χ1) is 10.5. The van der Waals surface area contributed by atoms with Crippen molar-refractivity contribution in [1.82, 2.24) is 8.75 Å². The molecule has 0 saturated carbocycles. The Bertz CT molecular complexity index is 966. The maximum atomic E-state index is 12.5. The Labute approximate surface area is 129 Å². The van der Waals surface area contributed by atoms with Gasteiger partial charge in [0.05, 0.1) is 17.3 Å². The molecule has 3 aromatic rings. The van der Waals surface area contributed by atoms with Crippen molar-refractivity contribution in [2.24, 2.45) is 5.73 Å². The van der Waals surface area contributed by atoms with Crippen molar-refractivity contribution >= 4 is 38.8 Å². The second-order valence-electron chi connectivity index (χ2n) is 4.29. The van der Waals surface area contributed by atoms with Crippen LogP contribution in [0.25, 0.3) is 11.0 Å². The van der Waals surface area contributed by atoms with Crippen molar-refractivity contribution in [3.05, 3.63) is 48.0 Å². The van der Waals surface area contributed by atoms with Crippen LogP contribution in [0.4, 0.5) is 0 Å². The molecule has 0 atom stereocenters. The average molecular weight is 335 g/mol. The summed E-state index contributed by atoms with van der Waals surface area (Å²) in [5.41, 5.74) is 5.88. The molecule has 7 nitrogen and oxygen atoms in total. The van der Waals surface area contributed by atoms with Crippen LogP contribution in [0.5, 0.6) is 5.75 Å². The van der Waals surface area contributed by atoms with Gasteiger partial charge in [0.1, 0.15) is 15.9 Å². The number of fused-ring (bicyclic) bond motifs is 1. The van der Waals surface area contributed by atoms with Crippen molar-refractivity contribution < 1.29 is 17.4 Å². The second kappa shape index (κ2) is 5.35. The van der Waals surface area contributed by atoms with Gasteiger partial charge in [0.15, 0.2) is 5.75 Å². The van der Waals surface area contributed by atoms with E-state index >= 15 is 0 Å². The lowest BCUT2D eigenvalue weighted by Gasteiger charge is -2.09. The number of benzene rings is 2. The number of primary amides is 1. The molecule has 3 rings (SSSR count). The van der Waals surface area contributed by atoms with E-state index in [1.165, 1.54) is 18.2 Å². The fourth-order valence-electron chi connectivity index (χ4n) is 1.89. The summed E-state index contributed by atoms with van der Waals surface area (Å²) in [4.78, 5) is 11.2. The normalized spacial score (nSPS) is 11.5. The Hall–Kier alpha value is -2.52. The molecule has 22 heavy (non-hydrogen) atoms. The minimum atomic E-state index is -4.17. The molecule has 0 fully saturated rings. The smallest absolute Gasteiger partial charge is 0.341 e. The number of carbonyl (C=O) groups excluding carboxylic acids is 1. The predicted octanol–water partition coefficient (Wildman–Crippen LogP) is 1.56. The van der Waals surface area contributed by atoms with Crippen LogP contribution in [0.2, 0.25) is 0 Å². The monoisotopic (exact) mass is 335 g/mol. The molecule has 0 saturated heterocycles. The fraction of sp³-hybridized carbons (Fsp3) is 0. The van der Waals surface area contributed by atoms with Crippen molar-refractivity contribution in [3.63, 3.8) is 0 Å². The standard InChI is InChI=1S/C13H9N3O4S2/c14-13(17)8-4-1-2-6-10(8)20-22(18,19)11-7-3-5-9-12(11)16-21-15-9/h1-7H,(H2,14,17). The molecule has 112 valence electrons. The predicted molar refractivity (Wildman–Crippen MR) is 80.2 cm³/mol. The zero-order valence-corrected chi connectivity index (χ0v) is 12.6. The Kier molecular flexibility index (Phi) is 3.51. The third-order valence-electron chi connectivity index (χ3n) is 2.87. The largest absolute Gasteiger partial charge is 0.378 e. The highest BCUT2D eigenvalue weighted by Gasteiger charge is 2.23. The van der Waals surface area contributed by atoms with E-state index in [1.54, 1.807) is 24.3 Å².